The van der Waals surface area contributed by atoms with E-state index in [9.17, 15) is 19.2 Å². The molecule has 160 valence electrons. The fourth-order valence-electron chi connectivity index (χ4n) is 4.07. The Kier molecular flexibility index (Phi) is 5.59. The highest BCUT2D eigenvalue weighted by Gasteiger charge is 2.38. The molecule has 1 heterocycles. The smallest absolute Gasteiger partial charge is 0.338 e. The van der Waals surface area contributed by atoms with Crippen LogP contribution in [0, 0.1) is 6.92 Å². The molecule has 0 saturated heterocycles. The predicted molar refractivity (Wildman–Crippen MR) is 114 cm³/mol. The van der Waals surface area contributed by atoms with E-state index in [0.717, 1.165) is 36.1 Å². The monoisotopic (exact) mass is 420 g/mol. The summed E-state index contributed by atoms with van der Waals surface area (Å²) in [4.78, 5) is 51.7. The van der Waals surface area contributed by atoms with Gasteiger partial charge in [0, 0.05) is 6.04 Å². The normalized spacial score (nSPS) is 16.9. The van der Waals surface area contributed by atoms with E-state index in [4.69, 9.17) is 4.74 Å². The molecule has 3 amide bonds. The average molecular weight is 420 g/mol. The molecule has 7 nitrogen and oxygen atoms in total. The number of carbonyl (C=O) groups excluding carboxylic acids is 4. The maximum atomic E-state index is 12.9. The van der Waals surface area contributed by atoms with Gasteiger partial charge in [-0.25, -0.2) is 9.69 Å². The molecule has 4 rings (SSSR count). The van der Waals surface area contributed by atoms with Crippen molar-refractivity contribution in [2.45, 2.75) is 51.7 Å². The Morgan fingerprint density at radius 3 is 2.42 bits per heavy atom. The van der Waals surface area contributed by atoms with Crippen LogP contribution in [0.5, 0.6) is 0 Å². The van der Waals surface area contributed by atoms with Crippen LogP contribution < -0.4 is 10.2 Å². The van der Waals surface area contributed by atoms with Gasteiger partial charge in [-0.1, -0.05) is 31.0 Å². The van der Waals surface area contributed by atoms with Crippen molar-refractivity contribution in [3.63, 3.8) is 0 Å². The Balaban J connectivity index is 1.49. The van der Waals surface area contributed by atoms with Crippen molar-refractivity contribution in [3.8, 4) is 0 Å². The molecule has 1 atom stereocenters. The lowest BCUT2D eigenvalue weighted by Gasteiger charge is -2.17. The van der Waals surface area contributed by atoms with Crippen molar-refractivity contribution in [2.24, 2.45) is 0 Å². The van der Waals surface area contributed by atoms with Crippen LogP contribution in [0.25, 0.3) is 0 Å². The average Bonchev–Trinajstić information content (AvgIpc) is 3.35. The third-order valence-corrected chi connectivity index (χ3v) is 5.83. The van der Waals surface area contributed by atoms with E-state index in [1.54, 1.807) is 12.1 Å². The number of aryl methyl sites for hydroxylation is 1. The van der Waals surface area contributed by atoms with E-state index in [1.165, 1.54) is 25.1 Å². The van der Waals surface area contributed by atoms with Crippen LogP contribution in [0.4, 0.5) is 5.69 Å². The van der Waals surface area contributed by atoms with Gasteiger partial charge in [-0.2, -0.15) is 0 Å². The zero-order valence-electron chi connectivity index (χ0n) is 17.5. The maximum absolute atomic E-state index is 12.9. The van der Waals surface area contributed by atoms with Gasteiger partial charge >= 0.3 is 5.97 Å². The minimum Gasteiger partial charge on any atom is -0.449 e. The van der Waals surface area contributed by atoms with E-state index in [0.29, 0.717) is 5.69 Å². The summed E-state index contributed by atoms with van der Waals surface area (Å²) in [5, 5.41) is 2.90. The number of rotatable bonds is 5. The third kappa shape index (κ3) is 3.95. The van der Waals surface area contributed by atoms with Gasteiger partial charge in [0.15, 0.2) is 6.10 Å². The minimum atomic E-state index is -0.956. The number of ether oxygens (including phenoxy) is 1. The van der Waals surface area contributed by atoms with Crippen molar-refractivity contribution in [3.05, 3.63) is 64.7 Å². The third-order valence-electron chi connectivity index (χ3n) is 5.83. The second kappa shape index (κ2) is 8.34. The van der Waals surface area contributed by atoms with E-state index in [2.05, 4.69) is 5.32 Å². The number of hydrogen-bond acceptors (Lipinski definition) is 5. The number of nitrogens with one attached hydrogen (secondary N) is 1. The number of imide groups is 1. The number of nitrogens with zero attached hydrogens (tertiary/aromatic N) is 1. The van der Waals surface area contributed by atoms with Crippen molar-refractivity contribution in [2.75, 3.05) is 4.90 Å². The molecule has 1 N–H and O–H groups in total. The fraction of sp³-hybridized carbons (Fsp3) is 0.333. The first kappa shape index (κ1) is 20.8. The lowest BCUT2D eigenvalue weighted by Crippen LogP contribution is -2.40. The highest BCUT2D eigenvalue weighted by atomic mass is 16.5. The van der Waals surface area contributed by atoms with Crippen LogP contribution in [0.3, 0.4) is 0 Å². The summed E-state index contributed by atoms with van der Waals surface area (Å²) in [6, 6.07) is 11.5. The first-order valence-corrected chi connectivity index (χ1v) is 10.5. The second-order valence-corrected chi connectivity index (χ2v) is 8.03. The molecule has 1 fully saturated rings. The lowest BCUT2D eigenvalue weighted by molar-refractivity contribution is -0.129. The highest BCUT2D eigenvalue weighted by Crippen LogP contribution is 2.31. The molecule has 2 aromatic carbocycles. The van der Waals surface area contributed by atoms with E-state index >= 15 is 0 Å². The Morgan fingerprint density at radius 2 is 1.71 bits per heavy atom. The number of fused-ring (bicyclic) bond motifs is 1. The molecule has 1 saturated carbocycles. The molecule has 31 heavy (non-hydrogen) atoms. The first-order valence-electron chi connectivity index (χ1n) is 10.5. The molecule has 1 aliphatic carbocycles. The van der Waals surface area contributed by atoms with E-state index in [1.807, 2.05) is 19.1 Å². The highest BCUT2D eigenvalue weighted by molar-refractivity contribution is 6.34. The Hall–Kier alpha value is -3.48. The van der Waals surface area contributed by atoms with Crippen LogP contribution in [-0.2, 0) is 9.53 Å². The SMILES string of the molecule is Cc1ccccc1N1C(=O)c2ccc(C(=O)O[C@@H](C)C(=O)NC3CCCC3)cc2C1=O. The Labute approximate surface area is 180 Å². The van der Waals surface area contributed by atoms with Crippen LogP contribution in [0.15, 0.2) is 42.5 Å². The van der Waals surface area contributed by atoms with E-state index < -0.39 is 23.9 Å². The van der Waals surface area contributed by atoms with Crippen LogP contribution >= 0.6 is 0 Å². The standard InChI is InChI=1S/C24H24N2O5/c1-14-7-3-6-10-20(14)26-22(28)18-12-11-16(13-19(18)23(26)29)24(30)31-15(2)21(27)25-17-8-4-5-9-17/h3,6-7,10-13,15,17H,4-5,8-9H2,1-2H3,(H,25,27)/t15-/m0/s1. The van der Waals surface area contributed by atoms with E-state index in [-0.39, 0.29) is 28.6 Å². The number of esters is 1. The number of amides is 3. The largest absolute Gasteiger partial charge is 0.449 e. The number of carbonyl (C=O) groups is 4. The minimum absolute atomic E-state index is 0.118. The molecule has 0 spiro atoms. The van der Waals surface area contributed by atoms with Gasteiger partial charge in [0.05, 0.1) is 22.4 Å². The van der Waals surface area contributed by atoms with Crippen LogP contribution in [-0.4, -0.2) is 35.8 Å². The molecule has 0 bridgehead atoms. The topological polar surface area (TPSA) is 92.8 Å². The molecular weight excluding hydrogens is 396 g/mol. The summed E-state index contributed by atoms with van der Waals surface area (Å²) in [6.45, 7) is 3.34. The number of para-hydroxylation sites is 1. The number of anilines is 1. The zero-order valence-corrected chi connectivity index (χ0v) is 17.5. The summed E-state index contributed by atoms with van der Waals surface area (Å²) in [7, 11) is 0. The van der Waals surface area contributed by atoms with Gasteiger partial charge in [0.2, 0.25) is 0 Å². The van der Waals surface area contributed by atoms with Crippen molar-refractivity contribution >= 4 is 29.4 Å². The lowest BCUT2D eigenvalue weighted by atomic mass is 10.1. The molecule has 0 aromatic heterocycles. The molecule has 2 aromatic rings. The summed E-state index contributed by atoms with van der Waals surface area (Å²) >= 11 is 0. The van der Waals surface area contributed by atoms with Crippen molar-refractivity contribution in [1.82, 2.24) is 5.32 Å². The molecular formula is C24H24N2O5. The number of hydrogen-bond donors (Lipinski definition) is 1. The summed E-state index contributed by atoms with van der Waals surface area (Å²) in [6.07, 6.45) is 3.08. The Bertz CT molecular complexity index is 1070. The van der Waals surface area contributed by atoms with Gasteiger partial charge < -0.3 is 10.1 Å². The molecule has 7 heteroatoms. The van der Waals surface area contributed by atoms with Gasteiger partial charge in [-0.15, -0.1) is 0 Å². The van der Waals surface area contributed by atoms with Crippen molar-refractivity contribution < 1.29 is 23.9 Å². The molecule has 0 radical (unpaired) electrons. The molecule has 2 aliphatic rings. The predicted octanol–water partition coefficient (Wildman–Crippen LogP) is 3.40. The molecule has 1 aliphatic heterocycles. The van der Waals surface area contributed by atoms with Crippen molar-refractivity contribution in [1.29, 1.82) is 0 Å². The van der Waals surface area contributed by atoms with Gasteiger partial charge in [0.25, 0.3) is 17.7 Å². The number of benzene rings is 2. The quantitative estimate of drug-likeness (QED) is 0.591. The summed E-state index contributed by atoms with van der Waals surface area (Å²) in [5.41, 5.74) is 1.79. The fourth-order valence-corrected chi connectivity index (χ4v) is 4.07. The van der Waals surface area contributed by atoms with Gasteiger partial charge in [0.1, 0.15) is 0 Å². The zero-order chi connectivity index (χ0) is 22.1. The van der Waals surface area contributed by atoms with Gasteiger partial charge in [-0.05, 0) is 56.5 Å². The van der Waals surface area contributed by atoms with Crippen LogP contribution in [0.2, 0.25) is 0 Å². The maximum Gasteiger partial charge on any atom is 0.338 e. The van der Waals surface area contributed by atoms with Crippen LogP contribution in [0.1, 0.15) is 69.2 Å². The first-order chi connectivity index (χ1) is 14.9. The molecule has 0 unspecified atom stereocenters. The summed E-state index contributed by atoms with van der Waals surface area (Å²) in [5.74, 6) is -1.97. The summed E-state index contributed by atoms with van der Waals surface area (Å²) < 4.78 is 5.30. The van der Waals surface area contributed by atoms with Gasteiger partial charge in [-0.3, -0.25) is 14.4 Å². The Morgan fingerprint density at radius 1 is 1.03 bits per heavy atom. The second-order valence-electron chi connectivity index (χ2n) is 8.03.